The molecule has 1 heterocycles. The quantitative estimate of drug-likeness (QED) is 0.588. The Morgan fingerprint density at radius 2 is 1.71 bits per heavy atom. The molecular formula is C19H10Cl2O3. The van der Waals surface area contributed by atoms with Crippen LogP contribution in [0.1, 0.15) is 15.9 Å². The van der Waals surface area contributed by atoms with Crippen LogP contribution >= 0.6 is 23.2 Å². The van der Waals surface area contributed by atoms with Gasteiger partial charge >= 0.3 is 0 Å². The molecule has 5 heteroatoms. The first-order chi connectivity index (χ1) is 11.5. The number of ketones is 1. The number of hydrogen-bond donors (Lipinski definition) is 1. The maximum absolute atomic E-state index is 12.7. The second kappa shape index (κ2) is 5.55. The average molecular weight is 357 g/mol. The normalized spacial score (nSPS) is 14.9. The molecule has 4 rings (SSSR count). The molecule has 0 aliphatic carbocycles. The monoisotopic (exact) mass is 356 g/mol. The van der Waals surface area contributed by atoms with Gasteiger partial charge in [-0.2, -0.15) is 0 Å². The highest BCUT2D eigenvalue weighted by Gasteiger charge is 2.29. The van der Waals surface area contributed by atoms with E-state index in [2.05, 4.69) is 0 Å². The Morgan fingerprint density at radius 3 is 2.46 bits per heavy atom. The van der Waals surface area contributed by atoms with E-state index in [1.54, 1.807) is 12.1 Å². The Morgan fingerprint density at radius 1 is 1.00 bits per heavy atom. The Bertz CT molecular complexity index is 1010. The predicted octanol–water partition coefficient (Wildman–Crippen LogP) is 5.47. The molecule has 0 unspecified atom stereocenters. The number of allylic oxidation sites excluding steroid dienone is 1. The van der Waals surface area contributed by atoms with Crippen LogP contribution in [0.5, 0.6) is 11.5 Å². The summed E-state index contributed by atoms with van der Waals surface area (Å²) >= 11 is 11.8. The third-order valence-corrected chi connectivity index (χ3v) is 4.47. The van der Waals surface area contributed by atoms with Crippen molar-refractivity contribution in [1.82, 2.24) is 0 Å². The number of Topliss-reactive ketones (excluding diaryl/α,β-unsaturated/α-hetero) is 1. The molecule has 0 fully saturated rings. The van der Waals surface area contributed by atoms with Gasteiger partial charge in [-0.15, -0.1) is 0 Å². The Balaban J connectivity index is 1.82. The van der Waals surface area contributed by atoms with Gasteiger partial charge < -0.3 is 9.84 Å². The first-order valence-electron chi connectivity index (χ1n) is 7.18. The van der Waals surface area contributed by atoms with Crippen LogP contribution in [0.2, 0.25) is 10.0 Å². The van der Waals surface area contributed by atoms with Gasteiger partial charge in [-0.3, -0.25) is 4.79 Å². The third kappa shape index (κ3) is 2.33. The summed E-state index contributed by atoms with van der Waals surface area (Å²) in [5.74, 6) is 0.343. The minimum atomic E-state index is -0.192. The lowest BCUT2D eigenvalue weighted by Gasteiger charge is -2.03. The van der Waals surface area contributed by atoms with E-state index in [-0.39, 0.29) is 27.3 Å². The lowest BCUT2D eigenvalue weighted by Crippen LogP contribution is -1.98. The van der Waals surface area contributed by atoms with Gasteiger partial charge in [-0.25, -0.2) is 0 Å². The molecule has 0 radical (unpaired) electrons. The average Bonchev–Trinajstić information content (AvgIpc) is 2.89. The summed E-state index contributed by atoms with van der Waals surface area (Å²) in [6, 6.07) is 14.4. The lowest BCUT2D eigenvalue weighted by atomic mass is 10.0. The van der Waals surface area contributed by atoms with E-state index in [0.29, 0.717) is 16.9 Å². The van der Waals surface area contributed by atoms with E-state index < -0.39 is 0 Å². The third-order valence-electron chi connectivity index (χ3n) is 3.90. The number of ether oxygens (including phenoxy) is 1. The van der Waals surface area contributed by atoms with Crippen molar-refractivity contribution < 1.29 is 14.6 Å². The lowest BCUT2D eigenvalue weighted by molar-refractivity contribution is 0.101. The number of aromatic hydroxyl groups is 1. The zero-order valence-electron chi connectivity index (χ0n) is 12.2. The van der Waals surface area contributed by atoms with Crippen molar-refractivity contribution in [2.45, 2.75) is 0 Å². The molecule has 3 aromatic rings. The standard InChI is InChI=1S/C19H10Cl2O3/c20-13-7-10(8-14(21)18(13)22)9-16-19(23)17-12-4-2-1-3-11(12)5-6-15(17)24-16/h1-9,22H/b16-9-. The number of fused-ring (bicyclic) bond motifs is 3. The van der Waals surface area contributed by atoms with Crippen molar-refractivity contribution in [2.24, 2.45) is 0 Å². The SMILES string of the molecule is O=C1/C(=C/c2cc(Cl)c(O)c(Cl)c2)Oc2ccc3ccccc3c21. The summed E-state index contributed by atoms with van der Waals surface area (Å²) in [6.07, 6.45) is 1.56. The van der Waals surface area contributed by atoms with E-state index in [1.807, 2.05) is 30.3 Å². The molecule has 0 aromatic heterocycles. The minimum absolute atomic E-state index is 0.114. The molecule has 0 atom stereocenters. The van der Waals surface area contributed by atoms with Crippen LogP contribution in [0.4, 0.5) is 0 Å². The highest BCUT2D eigenvalue weighted by Crippen LogP contribution is 2.38. The van der Waals surface area contributed by atoms with E-state index >= 15 is 0 Å². The molecule has 1 aliphatic rings. The molecule has 3 aromatic carbocycles. The van der Waals surface area contributed by atoms with Gasteiger partial charge in [0, 0.05) is 0 Å². The van der Waals surface area contributed by atoms with E-state index in [0.717, 1.165) is 10.8 Å². The summed E-state index contributed by atoms with van der Waals surface area (Å²) in [4.78, 5) is 12.7. The first-order valence-corrected chi connectivity index (χ1v) is 7.94. The largest absolute Gasteiger partial charge is 0.505 e. The fourth-order valence-electron chi connectivity index (χ4n) is 2.77. The molecule has 3 nitrogen and oxygen atoms in total. The topological polar surface area (TPSA) is 46.5 Å². The predicted molar refractivity (Wildman–Crippen MR) is 95.0 cm³/mol. The first kappa shape index (κ1) is 15.1. The molecule has 1 aliphatic heterocycles. The van der Waals surface area contributed by atoms with Crippen LogP contribution in [-0.4, -0.2) is 10.9 Å². The van der Waals surface area contributed by atoms with Crippen molar-refractivity contribution in [3.8, 4) is 11.5 Å². The van der Waals surface area contributed by atoms with Crippen LogP contribution in [0.25, 0.3) is 16.8 Å². The molecular weight excluding hydrogens is 347 g/mol. The number of carbonyl (C=O) groups is 1. The van der Waals surface area contributed by atoms with Crippen molar-refractivity contribution >= 4 is 45.8 Å². The second-order valence-corrected chi connectivity index (χ2v) is 6.25. The molecule has 0 saturated heterocycles. The molecule has 0 bridgehead atoms. The van der Waals surface area contributed by atoms with Crippen LogP contribution < -0.4 is 4.74 Å². The number of hydrogen-bond acceptors (Lipinski definition) is 3. The number of benzene rings is 3. The minimum Gasteiger partial charge on any atom is -0.505 e. The fourth-order valence-corrected chi connectivity index (χ4v) is 3.28. The van der Waals surface area contributed by atoms with Crippen molar-refractivity contribution in [3.63, 3.8) is 0 Å². The number of rotatable bonds is 1. The highest BCUT2D eigenvalue weighted by molar-refractivity contribution is 6.37. The summed E-state index contributed by atoms with van der Waals surface area (Å²) in [5, 5.41) is 11.7. The van der Waals surface area contributed by atoms with E-state index in [9.17, 15) is 9.90 Å². The number of phenols is 1. The number of halogens is 2. The molecule has 118 valence electrons. The zero-order chi connectivity index (χ0) is 16.8. The zero-order valence-corrected chi connectivity index (χ0v) is 13.7. The van der Waals surface area contributed by atoms with Gasteiger partial charge in [0.05, 0.1) is 15.6 Å². The maximum Gasteiger partial charge on any atom is 0.232 e. The van der Waals surface area contributed by atoms with Crippen LogP contribution in [0.15, 0.2) is 54.3 Å². The van der Waals surface area contributed by atoms with Gasteiger partial charge in [0.15, 0.2) is 11.5 Å². The molecule has 0 saturated carbocycles. The maximum atomic E-state index is 12.7. The van der Waals surface area contributed by atoms with Crippen LogP contribution in [-0.2, 0) is 0 Å². The Hall–Kier alpha value is -2.49. The van der Waals surface area contributed by atoms with E-state index in [4.69, 9.17) is 27.9 Å². The number of carbonyl (C=O) groups excluding carboxylic acids is 1. The smallest absolute Gasteiger partial charge is 0.232 e. The fraction of sp³-hybridized carbons (Fsp3) is 0. The van der Waals surface area contributed by atoms with Gasteiger partial charge in [0.1, 0.15) is 5.75 Å². The summed E-state index contributed by atoms with van der Waals surface area (Å²) in [5.41, 5.74) is 1.12. The van der Waals surface area contributed by atoms with E-state index in [1.165, 1.54) is 12.1 Å². The molecule has 1 N–H and O–H groups in total. The second-order valence-electron chi connectivity index (χ2n) is 5.43. The van der Waals surface area contributed by atoms with Gasteiger partial charge in [0.2, 0.25) is 5.78 Å². The van der Waals surface area contributed by atoms with Crippen LogP contribution in [0, 0.1) is 0 Å². The molecule has 0 spiro atoms. The van der Waals surface area contributed by atoms with Gasteiger partial charge in [0.25, 0.3) is 0 Å². The summed E-state index contributed by atoms with van der Waals surface area (Å²) in [7, 11) is 0. The summed E-state index contributed by atoms with van der Waals surface area (Å²) in [6.45, 7) is 0. The van der Waals surface area contributed by atoms with Crippen molar-refractivity contribution in [3.05, 3.63) is 75.5 Å². The van der Waals surface area contributed by atoms with Gasteiger partial charge in [-0.1, -0.05) is 53.5 Å². The van der Waals surface area contributed by atoms with Gasteiger partial charge in [-0.05, 0) is 40.6 Å². The molecule has 24 heavy (non-hydrogen) atoms. The van der Waals surface area contributed by atoms with Crippen LogP contribution in [0.3, 0.4) is 0 Å². The number of phenolic OH excluding ortho intramolecular Hbond substituents is 1. The molecule has 0 amide bonds. The Kier molecular flexibility index (Phi) is 3.48. The van der Waals surface area contributed by atoms with Crippen molar-refractivity contribution in [1.29, 1.82) is 0 Å². The van der Waals surface area contributed by atoms with Crippen molar-refractivity contribution in [2.75, 3.05) is 0 Å². The Labute approximate surface area is 147 Å². The summed E-state index contributed by atoms with van der Waals surface area (Å²) < 4.78 is 5.70. The highest BCUT2D eigenvalue weighted by atomic mass is 35.5.